The molecule has 0 unspecified atom stereocenters. The number of rotatable bonds is 2. The van der Waals surface area contributed by atoms with Crippen LogP contribution in [0.25, 0.3) is 0 Å². The summed E-state index contributed by atoms with van der Waals surface area (Å²) in [6.45, 7) is 0.852. The fraction of sp³-hybridized carbons (Fsp3) is 0.700. The van der Waals surface area contributed by atoms with Gasteiger partial charge in [0.25, 0.3) is 0 Å². The lowest BCUT2D eigenvalue weighted by Gasteiger charge is -2.26. The molecule has 0 aromatic carbocycles. The largest absolute Gasteiger partial charge is 0.348 e. The molecule has 1 aromatic heterocycles. The van der Waals surface area contributed by atoms with E-state index < -0.39 is 0 Å². The first-order chi connectivity index (χ1) is 6.40. The van der Waals surface area contributed by atoms with E-state index in [0.717, 1.165) is 18.3 Å². The quantitative estimate of drug-likeness (QED) is 0.725. The number of nitrogens with one attached hydrogen (secondary N) is 1. The van der Waals surface area contributed by atoms with Gasteiger partial charge in [-0.2, -0.15) is 0 Å². The van der Waals surface area contributed by atoms with Gasteiger partial charge < -0.3 is 10.7 Å². The van der Waals surface area contributed by atoms with Crippen molar-refractivity contribution in [1.82, 2.24) is 9.97 Å². The van der Waals surface area contributed by atoms with Crippen LogP contribution in [-0.2, 0) is 0 Å². The molecule has 13 heavy (non-hydrogen) atoms. The number of hydrogen-bond acceptors (Lipinski definition) is 2. The minimum absolute atomic E-state index is 0.651. The average Bonchev–Trinajstić information content (AvgIpc) is 2.71. The Kier molecular flexibility index (Phi) is 2.64. The van der Waals surface area contributed by atoms with Crippen molar-refractivity contribution in [2.75, 3.05) is 6.54 Å². The van der Waals surface area contributed by atoms with Crippen molar-refractivity contribution in [1.29, 1.82) is 0 Å². The zero-order chi connectivity index (χ0) is 9.10. The first-order valence-corrected chi connectivity index (χ1v) is 5.09. The van der Waals surface area contributed by atoms with Crippen molar-refractivity contribution in [3.8, 4) is 0 Å². The van der Waals surface area contributed by atoms with Crippen molar-refractivity contribution in [3.63, 3.8) is 0 Å². The fourth-order valence-electron chi connectivity index (χ4n) is 2.17. The molecule has 1 aliphatic rings. The van der Waals surface area contributed by atoms with Gasteiger partial charge in [0.15, 0.2) is 0 Å². The molecular weight excluding hydrogens is 162 g/mol. The predicted octanol–water partition coefficient (Wildman–Crippen LogP) is 1.64. The monoisotopic (exact) mass is 179 g/mol. The van der Waals surface area contributed by atoms with Gasteiger partial charge in [0.2, 0.25) is 0 Å². The minimum atomic E-state index is 0.651. The second kappa shape index (κ2) is 3.92. The molecule has 1 saturated carbocycles. The first-order valence-electron chi connectivity index (χ1n) is 5.09. The molecule has 0 radical (unpaired) electrons. The number of nitrogens with two attached hydrogens (primary N) is 1. The second-order valence-electron chi connectivity index (χ2n) is 3.93. The Morgan fingerprint density at radius 3 is 2.69 bits per heavy atom. The van der Waals surface area contributed by atoms with E-state index in [9.17, 15) is 0 Å². The molecule has 1 heterocycles. The van der Waals surface area contributed by atoms with Gasteiger partial charge >= 0.3 is 0 Å². The van der Waals surface area contributed by atoms with Gasteiger partial charge in [-0.25, -0.2) is 4.98 Å². The Bertz CT molecular complexity index is 235. The number of aromatic nitrogens is 2. The zero-order valence-corrected chi connectivity index (χ0v) is 7.87. The summed E-state index contributed by atoms with van der Waals surface area (Å²) in [6.07, 6.45) is 8.77. The summed E-state index contributed by atoms with van der Waals surface area (Å²) >= 11 is 0. The summed E-state index contributed by atoms with van der Waals surface area (Å²) in [6, 6.07) is 0. The van der Waals surface area contributed by atoms with Crippen LogP contribution in [0.5, 0.6) is 0 Å². The van der Waals surface area contributed by atoms with E-state index in [1.165, 1.54) is 25.7 Å². The van der Waals surface area contributed by atoms with Crippen LogP contribution in [0.1, 0.15) is 37.4 Å². The molecule has 2 rings (SSSR count). The highest BCUT2D eigenvalue weighted by Gasteiger charge is 2.22. The van der Waals surface area contributed by atoms with Crippen LogP contribution in [0.3, 0.4) is 0 Å². The van der Waals surface area contributed by atoms with E-state index in [1.54, 1.807) is 0 Å². The molecule has 1 aromatic rings. The topological polar surface area (TPSA) is 54.7 Å². The van der Waals surface area contributed by atoms with Gasteiger partial charge in [-0.05, 0) is 38.1 Å². The summed E-state index contributed by atoms with van der Waals surface area (Å²) in [5, 5.41) is 0. The molecule has 0 amide bonds. The van der Waals surface area contributed by atoms with Crippen LogP contribution in [0.15, 0.2) is 12.4 Å². The molecule has 3 heteroatoms. The number of aromatic amines is 1. The van der Waals surface area contributed by atoms with Crippen molar-refractivity contribution in [3.05, 3.63) is 18.2 Å². The SMILES string of the molecule is NCC1CCC(c2ncc[nH]2)CC1. The normalized spacial score (nSPS) is 29.0. The van der Waals surface area contributed by atoms with E-state index in [0.29, 0.717) is 5.92 Å². The molecular formula is C10H17N3. The molecule has 0 saturated heterocycles. The van der Waals surface area contributed by atoms with Gasteiger partial charge in [0.05, 0.1) is 0 Å². The van der Waals surface area contributed by atoms with Crippen molar-refractivity contribution in [2.24, 2.45) is 11.7 Å². The lowest BCUT2D eigenvalue weighted by molar-refractivity contribution is 0.326. The number of H-pyrrole nitrogens is 1. The second-order valence-corrected chi connectivity index (χ2v) is 3.93. The van der Waals surface area contributed by atoms with E-state index in [4.69, 9.17) is 5.73 Å². The molecule has 1 fully saturated rings. The highest BCUT2D eigenvalue weighted by atomic mass is 14.9. The molecule has 0 atom stereocenters. The summed E-state index contributed by atoms with van der Waals surface area (Å²) in [5.74, 6) is 2.57. The van der Waals surface area contributed by atoms with E-state index in [1.807, 2.05) is 12.4 Å². The van der Waals surface area contributed by atoms with Crippen molar-refractivity contribution in [2.45, 2.75) is 31.6 Å². The standard InChI is InChI=1S/C10H17N3/c11-7-8-1-3-9(4-2-8)10-12-5-6-13-10/h5-6,8-9H,1-4,7,11H2,(H,12,13). The summed E-state index contributed by atoms with van der Waals surface area (Å²) in [5.41, 5.74) is 5.64. The Morgan fingerprint density at radius 2 is 2.15 bits per heavy atom. The molecule has 0 spiro atoms. The van der Waals surface area contributed by atoms with Crippen LogP contribution in [-0.4, -0.2) is 16.5 Å². The third-order valence-corrected chi connectivity index (χ3v) is 3.09. The lowest BCUT2D eigenvalue weighted by atomic mass is 9.82. The van der Waals surface area contributed by atoms with Gasteiger partial charge in [0.1, 0.15) is 5.82 Å². The van der Waals surface area contributed by atoms with Crippen molar-refractivity contribution >= 4 is 0 Å². The Morgan fingerprint density at radius 1 is 1.38 bits per heavy atom. The summed E-state index contributed by atoms with van der Waals surface area (Å²) in [7, 11) is 0. The Hall–Kier alpha value is -0.830. The van der Waals surface area contributed by atoms with E-state index >= 15 is 0 Å². The summed E-state index contributed by atoms with van der Waals surface area (Å²) < 4.78 is 0. The third-order valence-electron chi connectivity index (χ3n) is 3.09. The molecule has 0 bridgehead atoms. The smallest absolute Gasteiger partial charge is 0.109 e. The Balaban J connectivity index is 1.92. The van der Waals surface area contributed by atoms with Crippen LogP contribution < -0.4 is 5.73 Å². The number of hydrogen-bond donors (Lipinski definition) is 2. The molecule has 72 valence electrons. The van der Waals surface area contributed by atoms with Gasteiger partial charge in [0, 0.05) is 18.3 Å². The maximum Gasteiger partial charge on any atom is 0.109 e. The molecule has 3 nitrogen and oxygen atoms in total. The maximum atomic E-state index is 5.64. The predicted molar refractivity (Wildman–Crippen MR) is 52.3 cm³/mol. The van der Waals surface area contributed by atoms with Crippen LogP contribution in [0, 0.1) is 5.92 Å². The van der Waals surface area contributed by atoms with E-state index in [-0.39, 0.29) is 0 Å². The Labute approximate surface area is 78.7 Å². The highest BCUT2D eigenvalue weighted by molar-refractivity contribution is 4.98. The lowest BCUT2D eigenvalue weighted by Crippen LogP contribution is -2.21. The minimum Gasteiger partial charge on any atom is -0.348 e. The third kappa shape index (κ3) is 1.91. The van der Waals surface area contributed by atoms with Gasteiger partial charge in [-0.15, -0.1) is 0 Å². The number of imidazole rings is 1. The van der Waals surface area contributed by atoms with Gasteiger partial charge in [-0.3, -0.25) is 0 Å². The van der Waals surface area contributed by atoms with Crippen LogP contribution in [0.4, 0.5) is 0 Å². The highest BCUT2D eigenvalue weighted by Crippen LogP contribution is 2.33. The molecule has 3 N–H and O–H groups in total. The van der Waals surface area contributed by atoms with Crippen LogP contribution in [0.2, 0.25) is 0 Å². The first kappa shape index (κ1) is 8.75. The molecule has 1 aliphatic carbocycles. The van der Waals surface area contributed by atoms with Crippen LogP contribution >= 0.6 is 0 Å². The summed E-state index contributed by atoms with van der Waals surface area (Å²) in [4.78, 5) is 7.50. The number of nitrogens with zero attached hydrogens (tertiary/aromatic N) is 1. The molecule has 0 aliphatic heterocycles. The average molecular weight is 179 g/mol. The van der Waals surface area contributed by atoms with Gasteiger partial charge in [-0.1, -0.05) is 0 Å². The van der Waals surface area contributed by atoms with Crippen molar-refractivity contribution < 1.29 is 0 Å². The fourth-order valence-corrected chi connectivity index (χ4v) is 2.17. The zero-order valence-electron chi connectivity index (χ0n) is 7.87. The maximum absolute atomic E-state index is 5.64. The van der Waals surface area contributed by atoms with E-state index in [2.05, 4.69) is 9.97 Å².